The van der Waals surface area contributed by atoms with E-state index < -0.39 is 5.82 Å². The summed E-state index contributed by atoms with van der Waals surface area (Å²) in [7, 11) is 0. The Morgan fingerprint density at radius 1 is 1.25 bits per heavy atom. The summed E-state index contributed by atoms with van der Waals surface area (Å²) in [6, 6.07) is 2.53. The Labute approximate surface area is 130 Å². The van der Waals surface area contributed by atoms with Crippen molar-refractivity contribution in [3.8, 4) is 11.6 Å². The summed E-state index contributed by atoms with van der Waals surface area (Å²) in [5.41, 5.74) is 0.808. The lowest BCUT2D eigenvalue weighted by molar-refractivity contribution is 0.459. The molecule has 5 nitrogen and oxygen atoms in total. The van der Waals surface area contributed by atoms with Gasteiger partial charge in [0.1, 0.15) is 17.1 Å². The van der Waals surface area contributed by atoms with E-state index in [1.165, 1.54) is 12.4 Å². The average Bonchev–Trinajstić information content (AvgIpc) is 2.84. The number of hydrogen-bond acceptors (Lipinski definition) is 4. The molecule has 2 aromatic heterocycles. The number of nitrogens with zero attached hydrogens (tertiary/aromatic N) is 3. The summed E-state index contributed by atoms with van der Waals surface area (Å²) in [6.45, 7) is 0. The number of aromatic nitrogens is 4. The maximum absolute atomic E-state index is 13.5. The summed E-state index contributed by atoms with van der Waals surface area (Å²) in [5, 5.41) is -0.0400. The molecule has 20 heavy (non-hydrogen) atoms. The fourth-order valence-electron chi connectivity index (χ4n) is 1.54. The van der Waals surface area contributed by atoms with Crippen molar-refractivity contribution in [1.29, 1.82) is 0 Å². The summed E-state index contributed by atoms with van der Waals surface area (Å²) in [5.74, 6) is -0.261. The monoisotopic (exact) mass is 376 g/mol. The maximum atomic E-state index is 13.5. The Kier molecular flexibility index (Phi) is 3.49. The second kappa shape index (κ2) is 5.16. The van der Waals surface area contributed by atoms with Crippen molar-refractivity contribution in [2.24, 2.45) is 0 Å². The molecule has 3 rings (SSSR count). The van der Waals surface area contributed by atoms with Gasteiger partial charge in [0.15, 0.2) is 5.65 Å². The summed E-state index contributed by atoms with van der Waals surface area (Å²) >= 11 is 14.7. The van der Waals surface area contributed by atoms with Crippen molar-refractivity contribution >= 4 is 50.3 Å². The molecule has 0 atom stereocenters. The molecule has 0 spiro atoms. The van der Waals surface area contributed by atoms with Crippen LogP contribution in [0.4, 0.5) is 4.39 Å². The number of ether oxygens (including phenoxy) is 1. The van der Waals surface area contributed by atoms with E-state index in [9.17, 15) is 4.39 Å². The van der Waals surface area contributed by atoms with Crippen LogP contribution >= 0.6 is 39.1 Å². The topological polar surface area (TPSA) is 63.7 Å². The number of benzene rings is 1. The van der Waals surface area contributed by atoms with Gasteiger partial charge < -0.3 is 9.72 Å². The molecule has 102 valence electrons. The summed E-state index contributed by atoms with van der Waals surface area (Å²) < 4.78 is 19.5. The third-order valence-corrected chi connectivity index (χ3v) is 3.48. The zero-order valence-corrected chi connectivity index (χ0v) is 12.6. The van der Waals surface area contributed by atoms with E-state index in [2.05, 4.69) is 35.9 Å². The molecule has 1 N–H and O–H groups in total. The lowest BCUT2D eigenvalue weighted by Gasteiger charge is -2.08. The number of imidazole rings is 1. The molecule has 3 aromatic rings. The van der Waals surface area contributed by atoms with Gasteiger partial charge >= 0.3 is 0 Å². The third-order valence-electron chi connectivity index (χ3n) is 2.41. The van der Waals surface area contributed by atoms with Gasteiger partial charge in [-0.15, -0.1) is 0 Å². The van der Waals surface area contributed by atoms with Crippen LogP contribution in [0.2, 0.25) is 10.3 Å². The van der Waals surface area contributed by atoms with Gasteiger partial charge in [-0.2, -0.15) is 9.97 Å². The van der Waals surface area contributed by atoms with Gasteiger partial charge in [0.05, 0.1) is 15.8 Å². The molecule has 0 aliphatic rings. The molecule has 0 unspecified atom stereocenters. The van der Waals surface area contributed by atoms with Crippen molar-refractivity contribution in [2.45, 2.75) is 0 Å². The first-order valence-corrected chi connectivity index (χ1v) is 6.78. The first kappa shape index (κ1) is 13.5. The third kappa shape index (κ3) is 2.44. The van der Waals surface area contributed by atoms with E-state index in [1.54, 1.807) is 0 Å². The van der Waals surface area contributed by atoms with Gasteiger partial charge in [-0.05, 0) is 33.6 Å². The van der Waals surface area contributed by atoms with E-state index in [0.717, 1.165) is 6.07 Å². The highest BCUT2D eigenvalue weighted by Crippen LogP contribution is 2.35. The van der Waals surface area contributed by atoms with Crippen LogP contribution in [0.3, 0.4) is 0 Å². The molecule has 9 heteroatoms. The first-order chi connectivity index (χ1) is 9.54. The maximum Gasteiger partial charge on any atom is 0.250 e. The van der Waals surface area contributed by atoms with Crippen molar-refractivity contribution in [3.05, 3.63) is 39.1 Å². The lowest BCUT2D eigenvalue weighted by Crippen LogP contribution is -1.94. The van der Waals surface area contributed by atoms with Crippen molar-refractivity contribution in [2.75, 3.05) is 0 Å². The number of H-pyrrole nitrogens is 1. The van der Waals surface area contributed by atoms with E-state index >= 15 is 0 Å². The lowest BCUT2D eigenvalue weighted by atomic mass is 10.3. The fraction of sp³-hybridized carbons (Fsp3) is 0. The van der Waals surface area contributed by atoms with Crippen LogP contribution in [-0.4, -0.2) is 19.9 Å². The molecule has 0 aliphatic carbocycles. The van der Waals surface area contributed by atoms with Crippen LogP contribution < -0.4 is 4.74 Å². The Bertz CT molecular complexity index is 810. The van der Waals surface area contributed by atoms with Crippen LogP contribution in [0.5, 0.6) is 11.6 Å². The first-order valence-electron chi connectivity index (χ1n) is 5.23. The second-order valence-corrected chi connectivity index (χ2v) is 5.30. The molecule has 0 radical (unpaired) electrons. The number of fused-ring (bicyclic) bond motifs is 1. The van der Waals surface area contributed by atoms with Crippen molar-refractivity contribution in [1.82, 2.24) is 19.9 Å². The van der Waals surface area contributed by atoms with Crippen LogP contribution in [0.15, 0.2) is 22.9 Å². The smallest absolute Gasteiger partial charge is 0.250 e. The minimum Gasteiger partial charge on any atom is -0.436 e. The second-order valence-electron chi connectivity index (χ2n) is 3.70. The molecular formula is C11H4BrCl2FN4O. The van der Waals surface area contributed by atoms with Gasteiger partial charge in [-0.1, -0.05) is 11.6 Å². The number of hydrogen-bond donors (Lipinski definition) is 1. The Hall–Kier alpha value is -1.44. The van der Waals surface area contributed by atoms with E-state index in [1.807, 2.05) is 0 Å². The average molecular weight is 378 g/mol. The Morgan fingerprint density at radius 2 is 2.05 bits per heavy atom. The predicted octanol–water partition coefficient (Wildman–Crippen LogP) is 4.35. The van der Waals surface area contributed by atoms with Gasteiger partial charge in [-0.3, -0.25) is 0 Å². The molecule has 2 heterocycles. The van der Waals surface area contributed by atoms with Gasteiger partial charge in [0, 0.05) is 6.07 Å². The molecule has 0 fully saturated rings. The van der Waals surface area contributed by atoms with Gasteiger partial charge in [0.2, 0.25) is 11.2 Å². The fourth-order valence-corrected chi connectivity index (χ4v) is 2.42. The molecule has 0 amide bonds. The van der Waals surface area contributed by atoms with Gasteiger partial charge in [0.25, 0.3) is 0 Å². The quantitative estimate of drug-likeness (QED) is 0.532. The zero-order valence-electron chi connectivity index (χ0n) is 9.49. The summed E-state index contributed by atoms with van der Waals surface area (Å²) in [4.78, 5) is 14.6. The van der Waals surface area contributed by atoms with E-state index in [4.69, 9.17) is 27.9 Å². The van der Waals surface area contributed by atoms with Crippen molar-refractivity contribution in [3.63, 3.8) is 0 Å². The highest BCUT2D eigenvalue weighted by molar-refractivity contribution is 9.10. The minimum absolute atomic E-state index is 0.0170. The normalized spacial score (nSPS) is 11.0. The molecule has 0 saturated heterocycles. The van der Waals surface area contributed by atoms with Gasteiger partial charge in [-0.25, -0.2) is 9.37 Å². The largest absolute Gasteiger partial charge is 0.436 e. The standard InChI is InChI=1S/C11H4BrCl2FN4O/c12-4-1-5(13)6(15)2-7(4)20-10-8-9(17-3-16-8)18-11(14)19-10/h1-3H,(H,16,17,18,19). The molecule has 0 saturated carbocycles. The number of halogens is 4. The number of nitrogens with one attached hydrogen (secondary N) is 1. The van der Waals surface area contributed by atoms with E-state index in [-0.39, 0.29) is 21.9 Å². The molecular weight excluding hydrogens is 374 g/mol. The van der Waals surface area contributed by atoms with Crippen molar-refractivity contribution < 1.29 is 9.13 Å². The molecule has 0 bridgehead atoms. The minimum atomic E-state index is -0.606. The molecule has 1 aromatic carbocycles. The number of rotatable bonds is 2. The summed E-state index contributed by atoms with van der Waals surface area (Å²) in [6.07, 6.45) is 1.43. The highest BCUT2D eigenvalue weighted by Gasteiger charge is 2.14. The van der Waals surface area contributed by atoms with E-state index in [0.29, 0.717) is 15.6 Å². The zero-order chi connectivity index (χ0) is 14.3. The molecule has 0 aliphatic heterocycles. The van der Waals surface area contributed by atoms with Crippen LogP contribution in [0, 0.1) is 5.82 Å². The van der Waals surface area contributed by atoms with Crippen LogP contribution in [0.25, 0.3) is 11.2 Å². The predicted molar refractivity (Wildman–Crippen MR) is 75.9 cm³/mol. The van der Waals surface area contributed by atoms with Crippen LogP contribution in [-0.2, 0) is 0 Å². The van der Waals surface area contributed by atoms with Crippen LogP contribution in [0.1, 0.15) is 0 Å². The number of aromatic amines is 1. The highest BCUT2D eigenvalue weighted by atomic mass is 79.9. The Balaban J connectivity index is 2.09. The SMILES string of the molecule is Fc1cc(Oc2nc(Cl)nc3nc[nH]c23)c(Br)cc1Cl. The Morgan fingerprint density at radius 3 is 2.85 bits per heavy atom.